The molecule has 5 heteroatoms. The van der Waals surface area contributed by atoms with Crippen LogP contribution < -0.4 is 0 Å². The summed E-state index contributed by atoms with van der Waals surface area (Å²) in [5.74, 6) is -0.230. The molecule has 1 aromatic heterocycles. The van der Waals surface area contributed by atoms with Crippen LogP contribution in [-0.4, -0.2) is 15.0 Å². The highest BCUT2D eigenvalue weighted by atomic mass is 79.9. The number of nitrogens with zero attached hydrogens (tertiary/aromatic N) is 3. The smallest absolute Gasteiger partial charge is 0.123 e. The Hall–Kier alpha value is -1.23. The molecule has 0 amide bonds. The lowest BCUT2D eigenvalue weighted by Gasteiger charge is -2.00. The van der Waals surface area contributed by atoms with E-state index in [1.807, 2.05) is 19.2 Å². The third kappa shape index (κ3) is 2.66. The van der Waals surface area contributed by atoms with Crippen molar-refractivity contribution >= 4 is 15.9 Å². The van der Waals surface area contributed by atoms with Gasteiger partial charge in [0.1, 0.15) is 5.82 Å². The molecule has 2 aromatic rings. The van der Waals surface area contributed by atoms with Crippen LogP contribution in [0.3, 0.4) is 0 Å². The molecule has 0 fully saturated rings. The first-order chi connectivity index (χ1) is 7.65. The van der Waals surface area contributed by atoms with Crippen molar-refractivity contribution in [2.75, 3.05) is 0 Å². The van der Waals surface area contributed by atoms with Crippen LogP contribution in [0.4, 0.5) is 4.39 Å². The number of hydrogen-bond acceptors (Lipinski definition) is 2. The summed E-state index contributed by atoms with van der Waals surface area (Å²) in [6.07, 6.45) is 1.85. The van der Waals surface area contributed by atoms with Crippen LogP contribution in [0.15, 0.2) is 30.5 Å². The zero-order valence-corrected chi connectivity index (χ0v) is 10.4. The van der Waals surface area contributed by atoms with Gasteiger partial charge in [-0.05, 0) is 24.6 Å². The van der Waals surface area contributed by atoms with Crippen LogP contribution in [0.25, 0.3) is 0 Å². The van der Waals surface area contributed by atoms with E-state index in [0.29, 0.717) is 6.54 Å². The number of aromatic nitrogens is 3. The number of benzene rings is 1. The Balaban J connectivity index is 2.14. The van der Waals surface area contributed by atoms with Crippen molar-refractivity contribution in [3.05, 3.63) is 47.5 Å². The van der Waals surface area contributed by atoms with Crippen molar-refractivity contribution in [2.24, 2.45) is 0 Å². The molecule has 1 aromatic carbocycles. The lowest BCUT2D eigenvalue weighted by molar-refractivity contribution is 0.614. The summed E-state index contributed by atoms with van der Waals surface area (Å²) >= 11 is 3.42. The lowest BCUT2D eigenvalue weighted by atomic mass is 10.2. The number of rotatable bonds is 3. The third-order valence-corrected chi connectivity index (χ3v) is 2.67. The van der Waals surface area contributed by atoms with Crippen LogP contribution in [0.5, 0.6) is 0 Å². The molecule has 0 radical (unpaired) electrons. The van der Waals surface area contributed by atoms with E-state index in [2.05, 4.69) is 26.2 Å². The van der Waals surface area contributed by atoms with Gasteiger partial charge < -0.3 is 0 Å². The molecule has 1 atom stereocenters. The van der Waals surface area contributed by atoms with Gasteiger partial charge in [-0.2, -0.15) is 0 Å². The molecular weight excluding hydrogens is 273 g/mol. The Morgan fingerprint density at radius 3 is 2.94 bits per heavy atom. The molecule has 0 saturated carbocycles. The van der Waals surface area contributed by atoms with Crippen LogP contribution in [0.2, 0.25) is 0 Å². The van der Waals surface area contributed by atoms with Gasteiger partial charge in [0.05, 0.1) is 17.1 Å². The van der Waals surface area contributed by atoms with Crippen LogP contribution in [0.1, 0.15) is 23.0 Å². The van der Waals surface area contributed by atoms with Crippen molar-refractivity contribution in [3.8, 4) is 0 Å². The van der Waals surface area contributed by atoms with E-state index >= 15 is 0 Å². The summed E-state index contributed by atoms with van der Waals surface area (Å²) in [5.41, 5.74) is 1.75. The highest BCUT2D eigenvalue weighted by Crippen LogP contribution is 2.18. The second kappa shape index (κ2) is 4.74. The van der Waals surface area contributed by atoms with Crippen LogP contribution in [-0.2, 0) is 6.54 Å². The number of halogens is 2. The molecule has 0 aliphatic carbocycles. The highest BCUT2D eigenvalue weighted by molar-refractivity contribution is 9.09. The average Bonchev–Trinajstić information content (AvgIpc) is 2.66. The SMILES string of the molecule is CC(Br)c1cn(Cc2cccc(F)c2)nn1. The zero-order chi connectivity index (χ0) is 11.5. The number of hydrogen-bond donors (Lipinski definition) is 0. The van der Waals surface area contributed by atoms with Gasteiger partial charge in [-0.1, -0.05) is 33.3 Å². The molecule has 0 spiro atoms. The predicted molar refractivity (Wildman–Crippen MR) is 62.9 cm³/mol. The maximum absolute atomic E-state index is 13.0. The Bertz CT molecular complexity index is 482. The summed E-state index contributed by atoms with van der Waals surface area (Å²) in [6.45, 7) is 2.51. The fourth-order valence-electron chi connectivity index (χ4n) is 1.40. The van der Waals surface area contributed by atoms with Crippen molar-refractivity contribution in [3.63, 3.8) is 0 Å². The molecule has 2 rings (SSSR count). The molecule has 0 N–H and O–H groups in total. The largest absolute Gasteiger partial charge is 0.248 e. The minimum atomic E-state index is -0.230. The van der Waals surface area contributed by atoms with Gasteiger partial charge in [-0.3, -0.25) is 0 Å². The Kier molecular flexibility index (Phi) is 3.33. The van der Waals surface area contributed by atoms with E-state index in [-0.39, 0.29) is 10.6 Å². The quantitative estimate of drug-likeness (QED) is 0.811. The third-order valence-electron chi connectivity index (χ3n) is 2.20. The maximum atomic E-state index is 13.0. The second-order valence-corrected chi connectivity index (χ2v) is 4.96. The first-order valence-corrected chi connectivity index (χ1v) is 5.85. The minimum Gasteiger partial charge on any atom is -0.248 e. The molecule has 3 nitrogen and oxygen atoms in total. The van der Waals surface area contributed by atoms with Crippen molar-refractivity contribution in [1.29, 1.82) is 0 Å². The first-order valence-electron chi connectivity index (χ1n) is 4.93. The van der Waals surface area contributed by atoms with Gasteiger partial charge in [-0.25, -0.2) is 9.07 Å². The molecule has 1 unspecified atom stereocenters. The summed E-state index contributed by atoms with van der Waals surface area (Å²) in [7, 11) is 0. The summed E-state index contributed by atoms with van der Waals surface area (Å²) in [4.78, 5) is 0.175. The Morgan fingerprint density at radius 2 is 2.31 bits per heavy atom. The fraction of sp³-hybridized carbons (Fsp3) is 0.273. The molecule has 84 valence electrons. The molecule has 0 saturated heterocycles. The van der Waals surface area contributed by atoms with Crippen molar-refractivity contribution < 1.29 is 4.39 Å². The summed E-state index contributed by atoms with van der Waals surface area (Å²) in [5, 5.41) is 7.98. The molecule has 0 aliphatic rings. The highest BCUT2D eigenvalue weighted by Gasteiger charge is 2.06. The first kappa shape index (κ1) is 11.3. The molecule has 1 heterocycles. The molecule has 0 aliphatic heterocycles. The average molecular weight is 284 g/mol. The van der Waals surface area contributed by atoms with E-state index in [1.165, 1.54) is 12.1 Å². The monoisotopic (exact) mass is 283 g/mol. The molecular formula is C11H11BrFN3. The Morgan fingerprint density at radius 1 is 1.50 bits per heavy atom. The summed E-state index contributed by atoms with van der Waals surface area (Å²) < 4.78 is 14.6. The van der Waals surface area contributed by atoms with Crippen LogP contribution in [0, 0.1) is 5.82 Å². The predicted octanol–water partition coefficient (Wildman–Crippen LogP) is 2.92. The summed E-state index contributed by atoms with van der Waals surface area (Å²) in [6, 6.07) is 6.48. The van der Waals surface area contributed by atoms with E-state index in [9.17, 15) is 4.39 Å². The Labute approximate surface area is 101 Å². The lowest BCUT2D eigenvalue weighted by Crippen LogP contribution is -2.00. The van der Waals surface area contributed by atoms with Gasteiger partial charge in [0, 0.05) is 6.20 Å². The van der Waals surface area contributed by atoms with Gasteiger partial charge in [-0.15, -0.1) is 5.10 Å². The second-order valence-electron chi connectivity index (χ2n) is 3.59. The van der Waals surface area contributed by atoms with E-state index < -0.39 is 0 Å². The van der Waals surface area contributed by atoms with Gasteiger partial charge in [0.15, 0.2) is 0 Å². The van der Waals surface area contributed by atoms with Crippen molar-refractivity contribution in [2.45, 2.75) is 18.3 Å². The topological polar surface area (TPSA) is 30.7 Å². The minimum absolute atomic E-state index is 0.175. The normalized spacial score (nSPS) is 12.7. The van der Waals surface area contributed by atoms with Gasteiger partial charge >= 0.3 is 0 Å². The maximum Gasteiger partial charge on any atom is 0.123 e. The molecule has 16 heavy (non-hydrogen) atoms. The van der Waals surface area contributed by atoms with Crippen LogP contribution >= 0.6 is 15.9 Å². The van der Waals surface area contributed by atoms with Crippen molar-refractivity contribution in [1.82, 2.24) is 15.0 Å². The standard InChI is InChI=1S/C11H11BrFN3/c1-8(12)11-7-16(15-14-11)6-9-3-2-4-10(13)5-9/h2-5,7-8H,6H2,1H3. The number of alkyl halides is 1. The van der Waals surface area contributed by atoms with E-state index in [4.69, 9.17) is 0 Å². The van der Waals surface area contributed by atoms with E-state index in [0.717, 1.165) is 11.3 Å². The molecule has 0 bridgehead atoms. The van der Waals surface area contributed by atoms with Gasteiger partial charge in [0.2, 0.25) is 0 Å². The zero-order valence-electron chi connectivity index (χ0n) is 8.77. The van der Waals surface area contributed by atoms with Gasteiger partial charge in [0.25, 0.3) is 0 Å². The van der Waals surface area contributed by atoms with E-state index in [1.54, 1.807) is 10.7 Å². The fourth-order valence-corrected chi connectivity index (χ4v) is 1.61.